The van der Waals surface area contributed by atoms with Gasteiger partial charge in [0.05, 0.1) is 11.3 Å². The molecule has 5 heteroatoms. The Labute approximate surface area is 90.3 Å². The molecule has 84 valence electrons. The number of rotatable bonds is 1. The van der Waals surface area contributed by atoms with Gasteiger partial charge >= 0.3 is 6.18 Å². The number of benzene rings is 1. The molecule has 0 saturated carbocycles. The highest BCUT2D eigenvalue weighted by atomic mass is 19.4. The number of alkyl halides is 3. The van der Waals surface area contributed by atoms with E-state index < -0.39 is 11.7 Å². The van der Waals surface area contributed by atoms with Gasteiger partial charge in [-0.25, -0.2) is 0 Å². The van der Waals surface area contributed by atoms with Gasteiger partial charge in [-0.15, -0.1) is 0 Å². The quantitative estimate of drug-likeness (QED) is 0.730. The molecule has 0 saturated heterocycles. The first-order chi connectivity index (χ1) is 7.50. The minimum atomic E-state index is -4.35. The van der Waals surface area contributed by atoms with Crippen LogP contribution in [-0.4, -0.2) is 9.78 Å². The van der Waals surface area contributed by atoms with Crippen molar-refractivity contribution in [3.05, 3.63) is 42.1 Å². The predicted molar refractivity (Wildman–Crippen MR) is 53.6 cm³/mol. The number of aryl methyl sites for hydroxylation is 1. The van der Waals surface area contributed by atoms with E-state index in [1.807, 2.05) is 0 Å². The summed E-state index contributed by atoms with van der Waals surface area (Å²) < 4.78 is 39.6. The first kappa shape index (κ1) is 10.7. The van der Waals surface area contributed by atoms with Crippen LogP contribution in [0.3, 0.4) is 0 Å². The van der Waals surface area contributed by atoms with Crippen molar-refractivity contribution in [2.24, 2.45) is 7.05 Å². The minimum absolute atomic E-state index is 0.148. The molecular weight excluding hydrogens is 217 g/mol. The summed E-state index contributed by atoms with van der Waals surface area (Å²) in [5.41, 5.74) is -0.0403. The highest BCUT2D eigenvalue weighted by Gasteiger charge is 2.33. The largest absolute Gasteiger partial charge is 0.417 e. The highest BCUT2D eigenvalue weighted by Crippen LogP contribution is 2.36. The lowest BCUT2D eigenvalue weighted by molar-refractivity contribution is -0.137. The molecule has 0 atom stereocenters. The summed E-state index contributed by atoms with van der Waals surface area (Å²) in [5.74, 6) is 0. The Balaban J connectivity index is 2.62. The Morgan fingerprint density at radius 1 is 1.12 bits per heavy atom. The summed E-state index contributed by atoms with van der Waals surface area (Å²) in [6.07, 6.45) is -2.87. The molecule has 2 nitrogen and oxygen atoms in total. The van der Waals surface area contributed by atoms with Gasteiger partial charge in [0, 0.05) is 18.8 Å². The summed E-state index contributed by atoms with van der Waals surface area (Å²) in [4.78, 5) is 0. The lowest BCUT2D eigenvalue weighted by Crippen LogP contribution is -2.08. The van der Waals surface area contributed by atoms with Gasteiger partial charge in [0.2, 0.25) is 0 Å². The third kappa shape index (κ3) is 1.80. The molecule has 0 unspecified atom stereocenters. The second-order valence-corrected chi connectivity index (χ2v) is 3.38. The van der Waals surface area contributed by atoms with E-state index >= 15 is 0 Å². The zero-order chi connectivity index (χ0) is 11.8. The van der Waals surface area contributed by atoms with Gasteiger partial charge in [-0.2, -0.15) is 18.3 Å². The van der Waals surface area contributed by atoms with Crippen molar-refractivity contribution >= 4 is 0 Å². The molecule has 16 heavy (non-hydrogen) atoms. The lowest BCUT2D eigenvalue weighted by atomic mass is 10.0. The molecule has 1 heterocycles. The van der Waals surface area contributed by atoms with Crippen molar-refractivity contribution in [2.45, 2.75) is 6.18 Å². The molecule has 1 aromatic carbocycles. The molecule has 2 aromatic rings. The van der Waals surface area contributed by atoms with Crippen molar-refractivity contribution in [3.8, 4) is 11.3 Å². The maximum atomic E-state index is 12.7. The first-order valence-corrected chi connectivity index (χ1v) is 4.65. The Bertz CT molecular complexity index is 500. The lowest BCUT2D eigenvalue weighted by Gasteiger charge is -2.12. The van der Waals surface area contributed by atoms with Crippen LogP contribution in [0.4, 0.5) is 13.2 Å². The number of hydrogen-bond acceptors (Lipinski definition) is 1. The number of nitrogens with zero attached hydrogens (tertiary/aromatic N) is 2. The van der Waals surface area contributed by atoms with Gasteiger partial charge < -0.3 is 0 Å². The Morgan fingerprint density at radius 2 is 1.81 bits per heavy atom. The Morgan fingerprint density at radius 3 is 2.38 bits per heavy atom. The Hall–Kier alpha value is -1.78. The number of halogens is 3. The second-order valence-electron chi connectivity index (χ2n) is 3.38. The van der Waals surface area contributed by atoms with E-state index in [1.165, 1.54) is 23.0 Å². The van der Waals surface area contributed by atoms with Gasteiger partial charge in [-0.3, -0.25) is 4.68 Å². The van der Waals surface area contributed by atoms with Crippen LogP contribution >= 0.6 is 0 Å². The van der Waals surface area contributed by atoms with E-state index in [2.05, 4.69) is 5.10 Å². The molecule has 0 aliphatic rings. The van der Waals surface area contributed by atoms with Gasteiger partial charge in [0.1, 0.15) is 0 Å². The van der Waals surface area contributed by atoms with Crippen LogP contribution in [0.5, 0.6) is 0 Å². The van der Waals surface area contributed by atoms with E-state index in [4.69, 9.17) is 0 Å². The molecule has 1 aromatic heterocycles. The van der Waals surface area contributed by atoms with Gasteiger partial charge in [0.25, 0.3) is 0 Å². The summed E-state index contributed by atoms with van der Waals surface area (Å²) in [5, 5.41) is 3.87. The molecule has 0 N–H and O–H groups in total. The maximum Gasteiger partial charge on any atom is 0.417 e. The van der Waals surface area contributed by atoms with Crippen LogP contribution in [0.1, 0.15) is 5.56 Å². The van der Waals surface area contributed by atoms with Gasteiger partial charge in [0.15, 0.2) is 0 Å². The zero-order valence-corrected chi connectivity index (χ0v) is 8.49. The Kier molecular flexibility index (Phi) is 2.46. The summed E-state index contributed by atoms with van der Waals surface area (Å²) in [7, 11) is 1.61. The highest BCUT2D eigenvalue weighted by molar-refractivity contribution is 5.64. The van der Waals surface area contributed by atoms with E-state index in [9.17, 15) is 13.2 Å². The average Bonchev–Trinajstić information content (AvgIpc) is 2.63. The van der Waals surface area contributed by atoms with Crippen molar-refractivity contribution < 1.29 is 13.2 Å². The normalized spacial score (nSPS) is 11.8. The topological polar surface area (TPSA) is 17.8 Å². The third-order valence-electron chi connectivity index (χ3n) is 2.33. The fraction of sp³-hybridized carbons (Fsp3) is 0.182. The van der Waals surface area contributed by atoms with Gasteiger partial charge in [-0.1, -0.05) is 18.2 Å². The molecule has 0 amide bonds. The molecule has 0 spiro atoms. The second kappa shape index (κ2) is 3.66. The number of aromatic nitrogens is 2. The fourth-order valence-electron chi connectivity index (χ4n) is 1.59. The van der Waals surface area contributed by atoms with Crippen LogP contribution in [-0.2, 0) is 13.2 Å². The fourth-order valence-corrected chi connectivity index (χ4v) is 1.59. The summed E-state index contributed by atoms with van der Waals surface area (Å²) >= 11 is 0. The van der Waals surface area contributed by atoms with Crippen molar-refractivity contribution in [3.63, 3.8) is 0 Å². The van der Waals surface area contributed by atoms with E-state index in [-0.39, 0.29) is 5.56 Å². The molecule has 2 rings (SSSR count). The van der Waals surface area contributed by atoms with Gasteiger partial charge in [-0.05, 0) is 12.1 Å². The average molecular weight is 226 g/mol. The molecule has 0 fully saturated rings. The minimum Gasteiger partial charge on any atom is -0.268 e. The van der Waals surface area contributed by atoms with Crippen LogP contribution in [0.25, 0.3) is 11.3 Å². The predicted octanol–water partition coefficient (Wildman–Crippen LogP) is 3.11. The maximum absolute atomic E-state index is 12.7. The first-order valence-electron chi connectivity index (χ1n) is 4.65. The van der Waals surface area contributed by atoms with Crippen LogP contribution in [0, 0.1) is 0 Å². The standard InChI is InChI=1S/C11H9F3N2/c1-16-10(6-7-15-16)8-4-2-3-5-9(8)11(12,13)14/h2-7H,1H3. The molecule has 0 radical (unpaired) electrons. The van der Waals surface area contributed by atoms with Crippen molar-refractivity contribution in [1.82, 2.24) is 9.78 Å². The van der Waals surface area contributed by atoms with Crippen LogP contribution in [0.2, 0.25) is 0 Å². The number of hydrogen-bond donors (Lipinski definition) is 0. The van der Waals surface area contributed by atoms with E-state index in [1.54, 1.807) is 19.2 Å². The molecule has 0 aliphatic carbocycles. The third-order valence-corrected chi connectivity index (χ3v) is 2.33. The smallest absolute Gasteiger partial charge is 0.268 e. The van der Waals surface area contributed by atoms with Crippen LogP contribution < -0.4 is 0 Å². The monoisotopic (exact) mass is 226 g/mol. The van der Waals surface area contributed by atoms with Crippen LogP contribution in [0.15, 0.2) is 36.5 Å². The molecular formula is C11H9F3N2. The zero-order valence-electron chi connectivity index (χ0n) is 8.49. The molecule has 0 bridgehead atoms. The van der Waals surface area contributed by atoms with Crippen molar-refractivity contribution in [2.75, 3.05) is 0 Å². The van der Waals surface area contributed by atoms with Crippen molar-refractivity contribution in [1.29, 1.82) is 0 Å². The SMILES string of the molecule is Cn1nccc1-c1ccccc1C(F)(F)F. The summed E-state index contributed by atoms with van der Waals surface area (Å²) in [6, 6.07) is 7.03. The summed E-state index contributed by atoms with van der Waals surface area (Å²) in [6.45, 7) is 0. The van der Waals surface area contributed by atoms with E-state index in [0.29, 0.717) is 5.69 Å². The van der Waals surface area contributed by atoms with E-state index in [0.717, 1.165) is 6.07 Å². The molecule has 0 aliphatic heterocycles.